The molecule has 0 bridgehead atoms. The summed E-state index contributed by atoms with van der Waals surface area (Å²) in [6.45, 7) is 7.59. The highest BCUT2D eigenvalue weighted by Crippen LogP contribution is 2.28. The van der Waals surface area contributed by atoms with Crippen LogP contribution in [-0.4, -0.2) is 33.4 Å². The van der Waals surface area contributed by atoms with Crippen LogP contribution >= 0.6 is 0 Å². The molecule has 0 saturated carbocycles. The Morgan fingerprint density at radius 3 is 2.43 bits per heavy atom. The van der Waals surface area contributed by atoms with E-state index in [1.807, 2.05) is 17.8 Å². The van der Waals surface area contributed by atoms with E-state index in [-0.39, 0.29) is 18.1 Å². The second-order valence-electron chi connectivity index (χ2n) is 7.28. The summed E-state index contributed by atoms with van der Waals surface area (Å²) in [5.74, 6) is 0. The van der Waals surface area contributed by atoms with Gasteiger partial charge in [-0.3, -0.25) is 9.58 Å². The summed E-state index contributed by atoms with van der Waals surface area (Å²) in [5.41, 5.74) is 3.66. The molecule has 0 fully saturated rings. The highest BCUT2D eigenvalue weighted by atomic mass is 16.3. The van der Waals surface area contributed by atoms with Crippen molar-refractivity contribution in [3.63, 3.8) is 0 Å². The number of aryl methyl sites for hydroxylation is 1. The number of hydrogen-bond acceptors (Lipinski definition) is 3. The van der Waals surface area contributed by atoms with Crippen LogP contribution in [0.3, 0.4) is 0 Å². The van der Waals surface area contributed by atoms with Crippen LogP contribution in [0.25, 0.3) is 0 Å². The van der Waals surface area contributed by atoms with E-state index in [2.05, 4.69) is 68.3 Å². The smallest absolute Gasteiger partial charge is 0.0722 e. The molecule has 1 aromatic carbocycles. The van der Waals surface area contributed by atoms with Gasteiger partial charge in [0.25, 0.3) is 0 Å². The summed E-state index contributed by atoms with van der Waals surface area (Å²) in [5, 5.41) is 14.1. The van der Waals surface area contributed by atoms with Gasteiger partial charge in [-0.15, -0.1) is 0 Å². The zero-order valence-electron chi connectivity index (χ0n) is 15.0. The minimum absolute atomic E-state index is 0.0245. The largest absolute Gasteiger partial charge is 0.396 e. The zero-order valence-corrected chi connectivity index (χ0v) is 15.0. The second kappa shape index (κ2) is 7.28. The fraction of sp³-hybridized carbons (Fsp3) is 0.526. The minimum atomic E-state index is 0.0245. The van der Waals surface area contributed by atoms with Gasteiger partial charge in [0.15, 0.2) is 0 Å². The number of aromatic nitrogens is 2. The van der Waals surface area contributed by atoms with E-state index in [1.165, 1.54) is 11.1 Å². The van der Waals surface area contributed by atoms with E-state index >= 15 is 0 Å². The third-order valence-electron chi connectivity index (χ3n) is 4.15. The van der Waals surface area contributed by atoms with E-state index < -0.39 is 0 Å². The lowest BCUT2D eigenvalue weighted by atomic mass is 9.89. The summed E-state index contributed by atoms with van der Waals surface area (Å²) < 4.78 is 1.90. The van der Waals surface area contributed by atoms with Crippen LogP contribution < -0.4 is 0 Å². The molecule has 1 heterocycles. The van der Waals surface area contributed by atoms with E-state index in [9.17, 15) is 5.11 Å². The first-order chi connectivity index (χ1) is 10.8. The van der Waals surface area contributed by atoms with Crippen molar-refractivity contribution in [2.24, 2.45) is 7.05 Å². The zero-order chi connectivity index (χ0) is 17.0. The Labute approximate surface area is 139 Å². The molecule has 0 amide bonds. The lowest BCUT2D eigenvalue weighted by molar-refractivity contribution is 0.179. The molecule has 0 spiro atoms. The molecule has 1 aromatic heterocycles. The molecule has 1 N–H and O–H groups in total. The van der Waals surface area contributed by atoms with Gasteiger partial charge < -0.3 is 5.11 Å². The Balaban J connectivity index is 2.24. The van der Waals surface area contributed by atoms with Crippen LogP contribution in [0.5, 0.6) is 0 Å². The van der Waals surface area contributed by atoms with E-state index in [0.717, 1.165) is 18.7 Å². The molecule has 0 saturated heterocycles. The monoisotopic (exact) mass is 315 g/mol. The summed E-state index contributed by atoms with van der Waals surface area (Å²) in [4.78, 5) is 2.30. The van der Waals surface area contributed by atoms with Gasteiger partial charge in [-0.1, -0.05) is 51.1 Å². The summed E-state index contributed by atoms with van der Waals surface area (Å²) in [7, 11) is 4.09. The van der Waals surface area contributed by atoms with E-state index in [1.54, 1.807) is 0 Å². The lowest BCUT2D eigenvalue weighted by Crippen LogP contribution is -2.26. The molecule has 0 aliphatic heterocycles. The summed E-state index contributed by atoms with van der Waals surface area (Å²) in [6, 6.07) is 10.6. The maximum Gasteiger partial charge on any atom is 0.0722 e. The Hall–Kier alpha value is -1.65. The second-order valence-corrected chi connectivity index (χ2v) is 7.28. The van der Waals surface area contributed by atoms with Gasteiger partial charge in [-0.05, 0) is 19.0 Å². The average Bonchev–Trinajstić information content (AvgIpc) is 2.86. The Bertz CT molecular complexity index is 613. The lowest BCUT2D eigenvalue weighted by Gasteiger charge is -2.29. The SMILES string of the molecule is CN(Cc1cn(C)nc1C(C)(C)C)C(CCO)c1ccccc1. The summed E-state index contributed by atoms with van der Waals surface area (Å²) >= 11 is 0. The van der Waals surface area contributed by atoms with Gasteiger partial charge in [0, 0.05) is 43.4 Å². The van der Waals surface area contributed by atoms with Crippen LogP contribution in [0.1, 0.15) is 50.1 Å². The molecular weight excluding hydrogens is 286 g/mol. The number of hydrogen-bond donors (Lipinski definition) is 1. The fourth-order valence-electron chi connectivity index (χ4n) is 3.10. The number of benzene rings is 1. The molecule has 0 radical (unpaired) electrons. The van der Waals surface area contributed by atoms with Crippen molar-refractivity contribution in [3.8, 4) is 0 Å². The van der Waals surface area contributed by atoms with Crippen molar-refractivity contribution >= 4 is 0 Å². The number of aliphatic hydroxyl groups excluding tert-OH is 1. The van der Waals surface area contributed by atoms with Gasteiger partial charge >= 0.3 is 0 Å². The summed E-state index contributed by atoms with van der Waals surface area (Å²) in [6.07, 6.45) is 2.84. The maximum absolute atomic E-state index is 9.46. The van der Waals surface area contributed by atoms with Crippen LogP contribution in [0.4, 0.5) is 0 Å². The quantitative estimate of drug-likeness (QED) is 0.889. The first-order valence-corrected chi connectivity index (χ1v) is 8.22. The highest BCUT2D eigenvalue weighted by Gasteiger charge is 2.24. The molecule has 126 valence electrons. The first kappa shape index (κ1) is 17.7. The van der Waals surface area contributed by atoms with Crippen molar-refractivity contribution < 1.29 is 5.11 Å². The Morgan fingerprint density at radius 2 is 1.87 bits per heavy atom. The number of nitrogens with zero attached hydrogens (tertiary/aromatic N) is 3. The first-order valence-electron chi connectivity index (χ1n) is 8.22. The molecule has 1 atom stereocenters. The standard InChI is InChI=1S/C19H29N3O/c1-19(2,3)18-16(14-22(5)20-18)13-21(4)17(11-12-23)15-9-7-6-8-10-15/h6-10,14,17,23H,11-13H2,1-5H3. The molecule has 1 unspecified atom stereocenters. The molecule has 23 heavy (non-hydrogen) atoms. The van der Waals surface area contributed by atoms with Crippen molar-refractivity contribution in [3.05, 3.63) is 53.3 Å². The molecule has 4 nitrogen and oxygen atoms in total. The topological polar surface area (TPSA) is 41.3 Å². The van der Waals surface area contributed by atoms with Crippen molar-refractivity contribution in [2.75, 3.05) is 13.7 Å². The molecule has 2 aromatic rings. The number of rotatable bonds is 6. The Kier molecular flexibility index (Phi) is 5.60. The molecular formula is C19H29N3O. The predicted octanol–water partition coefficient (Wildman–Crippen LogP) is 3.27. The van der Waals surface area contributed by atoms with Gasteiger partial charge in [-0.2, -0.15) is 5.10 Å². The van der Waals surface area contributed by atoms with Gasteiger partial charge in [0.1, 0.15) is 0 Å². The third kappa shape index (κ3) is 4.43. The van der Waals surface area contributed by atoms with Gasteiger partial charge in [0.2, 0.25) is 0 Å². The normalized spacial score (nSPS) is 13.5. The van der Waals surface area contributed by atoms with Gasteiger partial charge in [-0.25, -0.2) is 0 Å². The molecule has 0 aliphatic rings. The fourth-order valence-corrected chi connectivity index (χ4v) is 3.10. The van der Waals surface area contributed by atoms with Crippen LogP contribution in [-0.2, 0) is 19.0 Å². The van der Waals surface area contributed by atoms with E-state index in [4.69, 9.17) is 0 Å². The van der Waals surface area contributed by atoms with Gasteiger partial charge in [0.05, 0.1) is 5.69 Å². The van der Waals surface area contributed by atoms with Crippen LogP contribution in [0, 0.1) is 0 Å². The number of aliphatic hydroxyl groups is 1. The molecule has 0 aliphatic carbocycles. The van der Waals surface area contributed by atoms with Crippen LogP contribution in [0.15, 0.2) is 36.5 Å². The minimum Gasteiger partial charge on any atom is -0.396 e. The third-order valence-corrected chi connectivity index (χ3v) is 4.15. The predicted molar refractivity (Wildman–Crippen MR) is 94.3 cm³/mol. The average molecular weight is 315 g/mol. The van der Waals surface area contributed by atoms with Crippen molar-refractivity contribution in [1.29, 1.82) is 0 Å². The van der Waals surface area contributed by atoms with Crippen molar-refractivity contribution in [1.82, 2.24) is 14.7 Å². The van der Waals surface area contributed by atoms with Crippen molar-refractivity contribution in [2.45, 2.75) is 45.2 Å². The maximum atomic E-state index is 9.46. The Morgan fingerprint density at radius 1 is 1.22 bits per heavy atom. The highest BCUT2D eigenvalue weighted by molar-refractivity contribution is 5.25. The molecule has 4 heteroatoms. The van der Waals surface area contributed by atoms with E-state index in [0.29, 0.717) is 0 Å². The molecule has 2 rings (SSSR count). The van der Waals surface area contributed by atoms with Crippen LogP contribution in [0.2, 0.25) is 0 Å².